The first-order valence-corrected chi connectivity index (χ1v) is 6.57. The molecule has 1 saturated heterocycles. The number of amides is 1. The van der Waals surface area contributed by atoms with Crippen molar-refractivity contribution in [3.05, 3.63) is 11.7 Å². The van der Waals surface area contributed by atoms with Crippen LogP contribution in [0.4, 0.5) is 0 Å². The molecule has 0 aromatic carbocycles. The fourth-order valence-electron chi connectivity index (χ4n) is 2.26. The first-order chi connectivity index (χ1) is 8.67. The summed E-state index contributed by atoms with van der Waals surface area (Å²) in [5.41, 5.74) is -0.288. The summed E-state index contributed by atoms with van der Waals surface area (Å²) in [6, 6.07) is 0.308. The average Bonchev–Trinajstić information content (AvgIpc) is 3.03. The Morgan fingerprint density at radius 2 is 2.33 bits per heavy atom. The molecule has 3 rings (SSSR count). The summed E-state index contributed by atoms with van der Waals surface area (Å²) in [6.45, 7) is 2.99. The van der Waals surface area contributed by atoms with Gasteiger partial charge < -0.3 is 15.2 Å². The Bertz CT molecular complexity index is 447. The van der Waals surface area contributed by atoms with Gasteiger partial charge in [-0.15, -0.1) is 0 Å². The molecule has 1 saturated carbocycles. The maximum Gasteiger partial charge on any atom is 0.292 e. The van der Waals surface area contributed by atoms with Crippen LogP contribution in [0.3, 0.4) is 0 Å². The van der Waals surface area contributed by atoms with E-state index in [1.54, 1.807) is 0 Å². The lowest BCUT2D eigenvalue weighted by molar-refractivity contribution is 0.0937. The predicted octanol–water partition coefficient (Wildman–Crippen LogP) is 0.950. The van der Waals surface area contributed by atoms with Gasteiger partial charge in [-0.2, -0.15) is 4.98 Å². The number of nitrogens with zero attached hydrogens (tertiary/aromatic N) is 2. The Morgan fingerprint density at radius 3 is 3.00 bits per heavy atom. The van der Waals surface area contributed by atoms with Gasteiger partial charge in [0.2, 0.25) is 5.89 Å². The Kier molecular flexibility index (Phi) is 2.81. The molecule has 1 aromatic rings. The highest BCUT2D eigenvalue weighted by atomic mass is 16.5. The minimum atomic E-state index is -0.288. The molecule has 0 bridgehead atoms. The highest BCUT2D eigenvalue weighted by Gasteiger charge is 2.35. The first kappa shape index (κ1) is 11.6. The van der Waals surface area contributed by atoms with Crippen molar-refractivity contribution in [3.63, 3.8) is 0 Å². The van der Waals surface area contributed by atoms with E-state index in [4.69, 9.17) is 4.52 Å². The van der Waals surface area contributed by atoms with E-state index in [0.29, 0.717) is 11.9 Å². The van der Waals surface area contributed by atoms with E-state index in [2.05, 4.69) is 20.8 Å². The highest BCUT2D eigenvalue weighted by Crippen LogP contribution is 2.28. The van der Waals surface area contributed by atoms with Crippen LogP contribution < -0.4 is 10.6 Å². The molecule has 18 heavy (non-hydrogen) atoms. The third-order valence-electron chi connectivity index (χ3n) is 3.63. The van der Waals surface area contributed by atoms with Crippen molar-refractivity contribution in [1.82, 2.24) is 20.8 Å². The number of aromatic nitrogens is 2. The number of hydrogen-bond donors (Lipinski definition) is 2. The van der Waals surface area contributed by atoms with E-state index < -0.39 is 0 Å². The number of rotatable bonds is 3. The van der Waals surface area contributed by atoms with E-state index in [0.717, 1.165) is 32.2 Å². The topological polar surface area (TPSA) is 80.1 Å². The molecule has 2 aliphatic rings. The maximum absolute atomic E-state index is 11.8. The summed E-state index contributed by atoms with van der Waals surface area (Å²) in [7, 11) is 0. The fraction of sp³-hybridized carbons (Fsp3) is 0.750. The van der Waals surface area contributed by atoms with Crippen LogP contribution in [0.2, 0.25) is 0 Å². The van der Waals surface area contributed by atoms with Gasteiger partial charge in [-0.3, -0.25) is 4.79 Å². The number of carbonyl (C=O) groups excluding carboxylic acids is 1. The van der Waals surface area contributed by atoms with Crippen molar-refractivity contribution in [2.45, 2.75) is 50.6 Å². The van der Waals surface area contributed by atoms with Crippen LogP contribution in [0.1, 0.15) is 55.5 Å². The first-order valence-electron chi connectivity index (χ1n) is 6.57. The average molecular weight is 250 g/mol. The Morgan fingerprint density at radius 1 is 1.50 bits per heavy atom. The van der Waals surface area contributed by atoms with Gasteiger partial charge in [-0.05, 0) is 45.6 Å². The van der Waals surface area contributed by atoms with Gasteiger partial charge in [0.25, 0.3) is 11.7 Å². The van der Waals surface area contributed by atoms with Gasteiger partial charge in [0, 0.05) is 6.04 Å². The molecule has 2 N–H and O–H groups in total. The number of nitrogens with one attached hydrogen (secondary N) is 2. The van der Waals surface area contributed by atoms with E-state index in [1.165, 1.54) is 6.42 Å². The fourth-order valence-corrected chi connectivity index (χ4v) is 2.26. The van der Waals surface area contributed by atoms with Crippen LogP contribution in [0.15, 0.2) is 4.52 Å². The van der Waals surface area contributed by atoms with E-state index in [9.17, 15) is 4.79 Å². The van der Waals surface area contributed by atoms with Crippen molar-refractivity contribution >= 4 is 5.91 Å². The molecule has 0 spiro atoms. The summed E-state index contributed by atoms with van der Waals surface area (Å²) in [4.78, 5) is 16.0. The zero-order valence-corrected chi connectivity index (χ0v) is 10.5. The van der Waals surface area contributed by atoms with Gasteiger partial charge in [0.15, 0.2) is 0 Å². The summed E-state index contributed by atoms with van der Waals surface area (Å²) < 4.78 is 5.25. The van der Waals surface area contributed by atoms with E-state index >= 15 is 0 Å². The molecule has 98 valence electrons. The summed E-state index contributed by atoms with van der Waals surface area (Å²) >= 11 is 0. The second-order valence-electron chi connectivity index (χ2n) is 5.39. The Balaban J connectivity index is 1.73. The number of piperidine rings is 1. The summed E-state index contributed by atoms with van der Waals surface area (Å²) in [5.74, 6) is 0.431. The van der Waals surface area contributed by atoms with Crippen molar-refractivity contribution in [2.75, 3.05) is 6.54 Å². The summed E-state index contributed by atoms with van der Waals surface area (Å²) in [6.07, 6.45) is 5.36. The minimum absolute atomic E-state index is 0.144. The lowest BCUT2D eigenvalue weighted by Crippen LogP contribution is -2.43. The Hall–Kier alpha value is -1.43. The molecule has 1 unspecified atom stereocenters. The van der Waals surface area contributed by atoms with Crippen molar-refractivity contribution in [1.29, 1.82) is 0 Å². The van der Waals surface area contributed by atoms with Crippen LogP contribution in [-0.2, 0) is 5.54 Å². The second kappa shape index (κ2) is 4.35. The van der Waals surface area contributed by atoms with E-state index in [-0.39, 0.29) is 17.3 Å². The van der Waals surface area contributed by atoms with Crippen LogP contribution in [0.5, 0.6) is 0 Å². The normalized spacial score (nSPS) is 28.1. The predicted molar refractivity (Wildman–Crippen MR) is 64.0 cm³/mol. The SMILES string of the molecule is CC1(c2nc(C(=O)NC3CC3)no2)CCCCN1. The molecule has 1 aliphatic carbocycles. The lowest BCUT2D eigenvalue weighted by atomic mass is 9.91. The molecule has 0 radical (unpaired) electrons. The van der Waals surface area contributed by atoms with Crippen molar-refractivity contribution < 1.29 is 9.32 Å². The molecule has 1 aromatic heterocycles. The molecule has 1 atom stereocenters. The van der Waals surface area contributed by atoms with Gasteiger partial charge in [-0.1, -0.05) is 5.16 Å². The zero-order chi connectivity index (χ0) is 12.6. The summed E-state index contributed by atoms with van der Waals surface area (Å²) in [5, 5.41) is 10.0. The van der Waals surface area contributed by atoms with Crippen LogP contribution >= 0.6 is 0 Å². The molecule has 2 fully saturated rings. The van der Waals surface area contributed by atoms with Crippen LogP contribution in [0.25, 0.3) is 0 Å². The number of hydrogen-bond acceptors (Lipinski definition) is 5. The quantitative estimate of drug-likeness (QED) is 0.835. The van der Waals surface area contributed by atoms with Crippen LogP contribution in [0, 0.1) is 0 Å². The van der Waals surface area contributed by atoms with Crippen molar-refractivity contribution in [2.24, 2.45) is 0 Å². The molecule has 6 heteroatoms. The minimum Gasteiger partial charge on any atom is -0.346 e. The monoisotopic (exact) mass is 250 g/mol. The molecule has 1 aliphatic heterocycles. The van der Waals surface area contributed by atoms with Gasteiger partial charge >= 0.3 is 0 Å². The highest BCUT2D eigenvalue weighted by molar-refractivity contribution is 5.90. The molecular formula is C12H18N4O2. The standard InChI is InChI=1S/C12H18N4O2/c1-12(6-2-3-7-13-12)11-15-9(16-18-11)10(17)14-8-4-5-8/h8,13H,2-7H2,1H3,(H,14,17). The molecule has 2 heterocycles. The zero-order valence-electron chi connectivity index (χ0n) is 10.5. The van der Waals surface area contributed by atoms with Gasteiger partial charge in [0.1, 0.15) is 0 Å². The molecule has 1 amide bonds. The smallest absolute Gasteiger partial charge is 0.292 e. The van der Waals surface area contributed by atoms with Gasteiger partial charge in [-0.25, -0.2) is 0 Å². The maximum atomic E-state index is 11.8. The largest absolute Gasteiger partial charge is 0.346 e. The third-order valence-corrected chi connectivity index (χ3v) is 3.63. The second-order valence-corrected chi connectivity index (χ2v) is 5.39. The van der Waals surface area contributed by atoms with Crippen molar-refractivity contribution in [3.8, 4) is 0 Å². The lowest BCUT2D eigenvalue weighted by Gasteiger charge is -2.31. The Labute approximate surface area is 106 Å². The van der Waals surface area contributed by atoms with Gasteiger partial charge in [0.05, 0.1) is 5.54 Å². The van der Waals surface area contributed by atoms with E-state index in [1.807, 2.05) is 6.92 Å². The van der Waals surface area contributed by atoms with Crippen LogP contribution in [-0.4, -0.2) is 28.6 Å². The third kappa shape index (κ3) is 2.25. The molecular weight excluding hydrogens is 232 g/mol. The number of carbonyl (C=O) groups is 1. The molecule has 6 nitrogen and oxygen atoms in total.